The van der Waals surface area contributed by atoms with Crippen molar-refractivity contribution in [1.82, 2.24) is 34.5 Å². The maximum Gasteiger partial charge on any atom is 0.191 e. The molecule has 3 heterocycles. The quantitative estimate of drug-likeness (QED) is 0.369. The Hall–Kier alpha value is -3.52. The molecule has 5 rings (SSSR count). The lowest BCUT2D eigenvalue weighted by molar-refractivity contribution is 0.685. The van der Waals surface area contributed by atoms with E-state index in [1.807, 2.05) is 43.4 Å². The Morgan fingerprint density at radius 3 is 2.55 bits per heavy atom. The highest BCUT2D eigenvalue weighted by Gasteiger charge is 2.18. The first-order valence-corrected chi connectivity index (χ1v) is 11.1. The third-order valence-corrected chi connectivity index (χ3v) is 6.16. The molecule has 0 saturated heterocycles. The Kier molecular flexibility index (Phi) is 5.21. The lowest BCUT2D eigenvalue weighted by Gasteiger charge is -2.11. The van der Waals surface area contributed by atoms with Crippen molar-refractivity contribution in [2.75, 3.05) is 0 Å². The zero-order chi connectivity index (χ0) is 21.2. The van der Waals surface area contributed by atoms with Crippen LogP contribution in [0.1, 0.15) is 12.7 Å². The number of aryl methyl sites for hydroxylation is 1. The highest BCUT2D eigenvalue weighted by Crippen LogP contribution is 2.33. The number of thioether (sulfide) groups is 1. The molecule has 0 aliphatic heterocycles. The Bertz CT molecular complexity index is 1340. The monoisotopic (exact) mass is 427 g/mol. The molecule has 5 aromatic rings. The summed E-state index contributed by atoms with van der Waals surface area (Å²) in [5.74, 6) is 2.43. The van der Waals surface area contributed by atoms with E-state index in [9.17, 15) is 0 Å². The van der Waals surface area contributed by atoms with Crippen LogP contribution in [0.25, 0.3) is 33.5 Å². The SMILES string of the molecule is CCn1c(SCc2ncnn2C)nnc1-c1cc(-c2ccccc2)nc2ccccc12. The average molecular weight is 428 g/mol. The van der Waals surface area contributed by atoms with Gasteiger partial charge in [0.15, 0.2) is 11.0 Å². The van der Waals surface area contributed by atoms with Crippen molar-refractivity contribution in [3.8, 4) is 22.6 Å². The molecule has 154 valence electrons. The van der Waals surface area contributed by atoms with E-state index in [2.05, 4.69) is 56.0 Å². The van der Waals surface area contributed by atoms with Gasteiger partial charge in [0.25, 0.3) is 0 Å². The van der Waals surface area contributed by atoms with Gasteiger partial charge in [-0.15, -0.1) is 10.2 Å². The first-order chi connectivity index (χ1) is 15.2. The molecule has 0 atom stereocenters. The van der Waals surface area contributed by atoms with Crippen LogP contribution in [-0.4, -0.2) is 34.5 Å². The van der Waals surface area contributed by atoms with E-state index in [4.69, 9.17) is 4.98 Å². The summed E-state index contributed by atoms with van der Waals surface area (Å²) in [6.45, 7) is 2.88. The molecule has 0 spiro atoms. The number of pyridine rings is 1. The molecule has 0 unspecified atom stereocenters. The minimum atomic E-state index is 0.682. The van der Waals surface area contributed by atoms with E-state index in [-0.39, 0.29) is 0 Å². The summed E-state index contributed by atoms with van der Waals surface area (Å²) in [4.78, 5) is 9.20. The predicted molar refractivity (Wildman–Crippen MR) is 122 cm³/mol. The van der Waals surface area contributed by atoms with E-state index in [0.717, 1.165) is 51.1 Å². The van der Waals surface area contributed by atoms with Crippen molar-refractivity contribution in [3.63, 3.8) is 0 Å². The normalized spacial score (nSPS) is 11.3. The largest absolute Gasteiger partial charge is 0.302 e. The van der Waals surface area contributed by atoms with Crippen molar-refractivity contribution in [2.24, 2.45) is 7.05 Å². The van der Waals surface area contributed by atoms with Crippen LogP contribution in [0.2, 0.25) is 0 Å². The van der Waals surface area contributed by atoms with Crippen LogP contribution in [0.3, 0.4) is 0 Å². The Morgan fingerprint density at radius 2 is 1.77 bits per heavy atom. The van der Waals surface area contributed by atoms with Crippen molar-refractivity contribution < 1.29 is 0 Å². The van der Waals surface area contributed by atoms with Gasteiger partial charge in [0.1, 0.15) is 12.2 Å². The van der Waals surface area contributed by atoms with E-state index in [0.29, 0.717) is 5.75 Å². The number of fused-ring (bicyclic) bond motifs is 1. The third-order valence-electron chi connectivity index (χ3n) is 5.20. The van der Waals surface area contributed by atoms with Gasteiger partial charge in [-0.05, 0) is 19.1 Å². The van der Waals surface area contributed by atoms with Crippen LogP contribution < -0.4 is 0 Å². The number of nitrogens with zero attached hydrogens (tertiary/aromatic N) is 7. The minimum absolute atomic E-state index is 0.682. The second-order valence-electron chi connectivity index (χ2n) is 7.08. The number of hydrogen-bond donors (Lipinski definition) is 0. The summed E-state index contributed by atoms with van der Waals surface area (Å²) in [5, 5.41) is 15.2. The highest BCUT2D eigenvalue weighted by atomic mass is 32.2. The Balaban J connectivity index is 1.60. The van der Waals surface area contributed by atoms with E-state index < -0.39 is 0 Å². The molecular formula is C23H21N7S. The molecule has 0 saturated carbocycles. The molecule has 31 heavy (non-hydrogen) atoms. The molecule has 0 aliphatic rings. The number of hydrogen-bond acceptors (Lipinski definition) is 6. The van der Waals surface area contributed by atoms with Crippen molar-refractivity contribution in [1.29, 1.82) is 0 Å². The first kappa shape index (κ1) is 19.4. The fraction of sp³-hybridized carbons (Fsp3) is 0.174. The van der Waals surface area contributed by atoms with Gasteiger partial charge in [0.05, 0.1) is 17.0 Å². The molecule has 7 nitrogen and oxygen atoms in total. The molecule has 8 heteroatoms. The van der Waals surface area contributed by atoms with Gasteiger partial charge in [0, 0.05) is 30.1 Å². The summed E-state index contributed by atoms with van der Waals surface area (Å²) < 4.78 is 3.93. The molecule has 0 radical (unpaired) electrons. The zero-order valence-corrected chi connectivity index (χ0v) is 18.1. The van der Waals surface area contributed by atoms with Crippen LogP contribution in [0.5, 0.6) is 0 Å². The van der Waals surface area contributed by atoms with Crippen molar-refractivity contribution >= 4 is 22.7 Å². The number of para-hydroxylation sites is 1. The van der Waals surface area contributed by atoms with E-state index in [1.165, 1.54) is 0 Å². The second-order valence-corrected chi connectivity index (χ2v) is 8.02. The smallest absolute Gasteiger partial charge is 0.191 e. The van der Waals surface area contributed by atoms with Crippen LogP contribution in [0.4, 0.5) is 0 Å². The summed E-state index contributed by atoms with van der Waals surface area (Å²) in [5.41, 5.74) is 3.98. The molecule has 0 aliphatic carbocycles. The summed E-state index contributed by atoms with van der Waals surface area (Å²) in [6, 6.07) is 20.5. The number of aromatic nitrogens is 7. The fourth-order valence-corrected chi connectivity index (χ4v) is 4.57. The van der Waals surface area contributed by atoms with Gasteiger partial charge >= 0.3 is 0 Å². The maximum absolute atomic E-state index is 4.89. The average Bonchev–Trinajstić information content (AvgIpc) is 3.42. The molecular weight excluding hydrogens is 406 g/mol. The van der Waals surface area contributed by atoms with Gasteiger partial charge in [-0.1, -0.05) is 60.3 Å². The van der Waals surface area contributed by atoms with Crippen LogP contribution in [0.15, 0.2) is 72.1 Å². The molecule has 0 bridgehead atoms. The van der Waals surface area contributed by atoms with E-state index >= 15 is 0 Å². The van der Waals surface area contributed by atoms with Crippen LogP contribution in [0, 0.1) is 0 Å². The van der Waals surface area contributed by atoms with Gasteiger partial charge in [-0.3, -0.25) is 4.68 Å². The topological polar surface area (TPSA) is 74.3 Å². The maximum atomic E-state index is 4.89. The van der Waals surface area contributed by atoms with Crippen molar-refractivity contribution in [3.05, 3.63) is 72.8 Å². The van der Waals surface area contributed by atoms with Gasteiger partial charge < -0.3 is 4.57 Å². The minimum Gasteiger partial charge on any atom is -0.302 e. The molecule has 3 aromatic heterocycles. The van der Waals surface area contributed by atoms with Gasteiger partial charge in [-0.25, -0.2) is 9.97 Å². The standard InChI is InChI=1S/C23H21N7S/c1-3-30-22(27-28-23(30)31-14-21-24-15-25-29(21)2)18-13-20(16-9-5-4-6-10-16)26-19-12-8-7-11-17(18)19/h4-13,15H,3,14H2,1-2H3. The number of benzene rings is 2. The lowest BCUT2D eigenvalue weighted by atomic mass is 10.0. The van der Waals surface area contributed by atoms with Crippen molar-refractivity contribution in [2.45, 2.75) is 24.4 Å². The second kappa shape index (κ2) is 8.31. The molecule has 2 aromatic carbocycles. The summed E-state index contributed by atoms with van der Waals surface area (Å²) >= 11 is 1.62. The first-order valence-electron chi connectivity index (χ1n) is 10.1. The fourth-order valence-electron chi connectivity index (χ4n) is 3.58. The van der Waals surface area contributed by atoms with E-state index in [1.54, 1.807) is 22.8 Å². The summed E-state index contributed by atoms with van der Waals surface area (Å²) in [6.07, 6.45) is 1.57. The molecule has 0 N–H and O–H groups in total. The molecule has 0 fully saturated rings. The molecule has 0 amide bonds. The highest BCUT2D eigenvalue weighted by molar-refractivity contribution is 7.98. The Morgan fingerprint density at radius 1 is 0.968 bits per heavy atom. The number of rotatable bonds is 6. The Labute approximate surface area is 184 Å². The lowest BCUT2D eigenvalue weighted by Crippen LogP contribution is -2.02. The summed E-state index contributed by atoms with van der Waals surface area (Å²) in [7, 11) is 1.90. The van der Waals surface area contributed by atoms with Crippen LogP contribution >= 0.6 is 11.8 Å². The predicted octanol–water partition coefficient (Wildman–Crippen LogP) is 4.60. The third kappa shape index (κ3) is 3.70. The zero-order valence-electron chi connectivity index (χ0n) is 17.3. The van der Waals surface area contributed by atoms with Gasteiger partial charge in [-0.2, -0.15) is 5.10 Å². The van der Waals surface area contributed by atoms with Crippen LogP contribution in [-0.2, 0) is 19.3 Å². The van der Waals surface area contributed by atoms with Gasteiger partial charge in [0.2, 0.25) is 0 Å².